The zero-order valence-corrected chi connectivity index (χ0v) is 19.9. The van der Waals surface area contributed by atoms with E-state index < -0.39 is 0 Å². The van der Waals surface area contributed by atoms with Crippen molar-refractivity contribution in [2.24, 2.45) is 0 Å². The molecule has 2 amide bonds. The number of pyridine rings is 1. The maximum absolute atomic E-state index is 13.5. The maximum atomic E-state index is 13.5. The number of benzene rings is 2. The number of hydrogen-bond donors (Lipinski definition) is 1. The standard InChI is InChI=1S/C26H27N5O3/c1-16(2)31-24-20(15-27-31)19(14-21(28-24)17-9-7-6-8-10-17)25(32)29-22-13-18(26(33)30(3)4)11-12-23(22)34-5/h6-16H,1-5H3,(H,29,32). The summed E-state index contributed by atoms with van der Waals surface area (Å²) in [6, 6.07) is 16.5. The third kappa shape index (κ3) is 4.34. The highest BCUT2D eigenvalue weighted by Gasteiger charge is 2.20. The number of aromatic nitrogens is 3. The topological polar surface area (TPSA) is 89.3 Å². The molecule has 2 aromatic carbocycles. The van der Waals surface area contributed by atoms with Crippen LogP contribution in [0.2, 0.25) is 0 Å². The van der Waals surface area contributed by atoms with Gasteiger partial charge in [0.1, 0.15) is 5.75 Å². The predicted molar refractivity (Wildman–Crippen MR) is 132 cm³/mol. The van der Waals surface area contributed by atoms with E-state index >= 15 is 0 Å². The fraction of sp³-hybridized carbons (Fsp3) is 0.231. The number of anilines is 1. The van der Waals surface area contributed by atoms with Crippen molar-refractivity contribution in [2.75, 3.05) is 26.5 Å². The van der Waals surface area contributed by atoms with Crippen molar-refractivity contribution in [3.05, 3.63) is 71.9 Å². The van der Waals surface area contributed by atoms with Crippen LogP contribution in [0.3, 0.4) is 0 Å². The molecule has 0 aliphatic rings. The van der Waals surface area contributed by atoms with Gasteiger partial charge in [-0.1, -0.05) is 30.3 Å². The molecule has 0 saturated heterocycles. The molecular weight excluding hydrogens is 430 g/mol. The van der Waals surface area contributed by atoms with Crippen molar-refractivity contribution in [1.82, 2.24) is 19.7 Å². The Kier molecular flexibility index (Phi) is 6.32. The van der Waals surface area contributed by atoms with Gasteiger partial charge in [-0.05, 0) is 38.1 Å². The molecule has 8 heteroatoms. The normalized spacial score (nSPS) is 11.0. The lowest BCUT2D eigenvalue weighted by molar-refractivity contribution is 0.0827. The van der Waals surface area contributed by atoms with E-state index in [2.05, 4.69) is 10.4 Å². The molecule has 0 aliphatic heterocycles. The first kappa shape index (κ1) is 23.0. The van der Waals surface area contributed by atoms with Gasteiger partial charge in [-0.3, -0.25) is 9.59 Å². The first-order valence-corrected chi connectivity index (χ1v) is 10.9. The van der Waals surface area contributed by atoms with Crippen molar-refractivity contribution in [3.63, 3.8) is 0 Å². The monoisotopic (exact) mass is 457 g/mol. The molecule has 2 heterocycles. The summed E-state index contributed by atoms with van der Waals surface area (Å²) in [5, 5.41) is 8.04. The van der Waals surface area contributed by atoms with Crippen LogP contribution < -0.4 is 10.1 Å². The molecule has 8 nitrogen and oxygen atoms in total. The number of carbonyl (C=O) groups excluding carboxylic acids is 2. The summed E-state index contributed by atoms with van der Waals surface area (Å²) in [6.07, 6.45) is 1.66. The van der Waals surface area contributed by atoms with Gasteiger partial charge in [-0.25, -0.2) is 9.67 Å². The Morgan fingerprint density at radius 2 is 1.79 bits per heavy atom. The molecule has 0 atom stereocenters. The van der Waals surface area contributed by atoms with Crippen LogP contribution in [-0.2, 0) is 0 Å². The van der Waals surface area contributed by atoms with E-state index in [-0.39, 0.29) is 17.9 Å². The number of amides is 2. The fourth-order valence-corrected chi connectivity index (χ4v) is 3.73. The van der Waals surface area contributed by atoms with Crippen LogP contribution in [0.15, 0.2) is 60.8 Å². The van der Waals surface area contributed by atoms with E-state index in [4.69, 9.17) is 9.72 Å². The summed E-state index contributed by atoms with van der Waals surface area (Å²) in [5.41, 5.74) is 3.48. The van der Waals surface area contributed by atoms with Gasteiger partial charge in [0, 0.05) is 31.3 Å². The van der Waals surface area contributed by atoms with Crippen LogP contribution in [0.1, 0.15) is 40.6 Å². The highest BCUT2D eigenvalue weighted by molar-refractivity contribution is 6.13. The first-order chi connectivity index (χ1) is 16.3. The van der Waals surface area contributed by atoms with Gasteiger partial charge < -0.3 is 15.0 Å². The summed E-state index contributed by atoms with van der Waals surface area (Å²) < 4.78 is 7.23. The Bertz CT molecular complexity index is 1360. The Labute approximate surface area is 198 Å². The number of nitrogens with one attached hydrogen (secondary N) is 1. The molecular formula is C26H27N5O3. The summed E-state index contributed by atoms with van der Waals surface area (Å²) in [6.45, 7) is 4.03. The smallest absolute Gasteiger partial charge is 0.256 e. The van der Waals surface area contributed by atoms with Gasteiger partial charge in [0.15, 0.2) is 5.65 Å². The zero-order chi connectivity index (χ0) is 24.4. The van der Waals surface area contributed by atoms with E-state index in [0.29, 0.717) is 39.3 Å². The van der Waals surface area contributed by atoms with Gasteiger partial charge in [0.05, 0.1) is 35.6 Å². The molecule has 0 fully saturated rings. The molecule has 2 aromatic heterocycles. The van der Waals surface area contributed by atoms with E-state index in [9.17, 15) is 9.59 Å². The molecule has 0 spiro atoms. The van der Waals surface area contributed by atoms with Crippen molar-refractivity contribution in [3.8, 4) is 17.0 Å². The van der Waals surface area contributed by atoms with E-state index in [1.54, 1.807) is 49.2 Å². The largest absolute Gasteiger partial charge is 0.495 e. The zero-order valence-electron chi connectivity index (χ0n) is 19.9. The lowest BCUT2D eigenvalue weighted by Gasteiger charge is -2.15. The number of ether oxygens (including phenoxy) is 1. The molecule has 174 valence electrons. The Balaban J connectivity index is 1.81. The minimum absolute atomic E-state index is 0.0701. The first-order valence-electron chi connectivity index (χ1n) is 10.9. The van der Waals surface area contributed by atoms with E-state index in [0.717, 1.165) is 5.56 Å². The number of nitrogens with zero attached hydrogens (tertiary/aromatic N) is 4. The second-order valence-electron chi connectivity index (χ2n) is 8.41. The molecule has 4 rings (SSSR count). The number of carbonyl (C=O) groups is 2. The SMILES string of the molecule is COc1ccc(C(=O)N(C)C)cc1NC(=O)c1cc(-c2ccccc2)nc2c1cnn2C(C)C. The van der Waals surface area contributed by atoms with Crippen molar-refractivity contribution < 1.29 is 14.3 Å². The van der Waals surface area contributed by atoms with Crippen molar-refractivity contribution in [1.29, 1.82) is 0 Å². The lowest BCUT2D eigenvalue weighted by Crippen LogP contribution is -2.22. The summed E-state index contributed by atoms with van der Waals surface area (Å²) in [4.78, 5) is 32.3. The van der Waals surface area contributed by atoms with Gasteiger partial charge in [0.25, 0.3) is 11.8 Å². The van der Waals surface area contributed by atoms with Gasteiger partial charge in [-0.15, -0.1) is 0 Å². The third-order valence-corrected chi connectivity index (χ3v) is 5.47. The van der Waals surface area contributed by atoms with E-state index in [1.165, 1.54) is 12.0 Å². The highest BCUT2D eigenvalue weighted by Crippen LogP contribution is 2.30. The van der Waals surface area contributed by atoms with Crippen molar-refractivity contribution in [2.45, 2.75) is 19.9 Å². The lowest BCUT2D eigenvalue weighted by atomic mass is 10.1. The molecule has 0 radical (unpaired) electrons. The molecule has 0 bridgehead atoms. The van der Waals surface area contributed by atoms with Crippen LogP contribution in [0.5, 0.6) is 5.75 Å². The second kappa shape index (κ2) is 9.35. The number of hydrogen-bond acceptors (Lipinski definition) is 5. The van der Waals surface area contributed by atoms with Crippen LogP contribution in [0.4, 0.5) is 5.69 Å². The van der Waals surface area contributed by atoms with Gasteiger partial charge in [-0.2, -0.15) is 5.10 Å². The Morgan fingerprint density at radius 3 is 2.44 bits per heavy atom. The highest BCUT2D eigenvalue weighted by atomic mass is 16.5. The molecule has 34 heavy (non-hydrogen) atoms. The minimum atomic E-state index is -0.347. The Morgan fingerprint density at radius 1 is 1.06 bits per heavy atom. The summed E-state index contributed by atoms with van der Waals surface area (Å²) in [5.74, 6) is -0.0650. The maximum Gasteiger partial charge on any atom is 0.256 e. The van der Waals surface area contributed by atoms with Crippen LogP contribution in [0, 0.1) is 0 Å². The van der Waals surface area contributed by atoms with Crippen LogP contribution >= 0.6 is 0 Å². The molecule has 1 N–H and O–H groups in total. The second-order valence-corrected chi connectivity index (χ2v) is 8.41. The third-order valence-electron chi connectivity index (χ3n) is 5.47. The van der Waals surface area contributed by atoms with E-state index in [1.807, 2.05) is 44.2 Å². The van der Waals surface area contributed by atoms with Crippen LogP contribution in [0.25, 0.3) is 22.3 Å². The van der Waals surface area contributed by atoms with Gasteiger partial charge >= 0.3 is 0 Å². The fourth-order valence-electron chi connectivity index (χ4n) is 3.73. The number of methoxy groups -OCH3 is 1. The molecule has 0 saturated carbocycles. The molecule has 4 aromatic rings. The quantitative estimate of drug-likeness (QED) is 0.456. The molecule has 0 unspecified atom stereocenters. The Hall–Kier alpha value is -4.20. The van der Waals surface area contributed by atoms with Crippen molar-refractivity contribution >= 4 is 28.5 Å². The predicted octanol–water partition coefficient (Wildman–Crippen LogP) is 4.64. The minimum Gasteiger partial charge on any atom is -0.495 e. The van der Waals surface area contributed by atoms with Crippen LogP contribution in [-0.4, -0.2) is 52.7 Å². The van der Waals surface area contributed by atoms with Gasteiger partial charge in [0.2, 0.25) is 0 Å². The average Bonchev–Trinajstić information content (AvgIpc) is 3.27. The number of fused-ring (bicyclic) bond motifs is 1. The molecule has 0 aliphatic carbocycles. The average molecular weight is 458 g/mol. The number of rotatable bonds is 6. The summed E-state index contributed by atoms with van der Waals surface area (Å²) >= 11 is 0. The summed E-state index contributed by atoms with van der Waals surface area (Å²) in [7, 11) is 4.87.